The van der Waals surface area contributed by atoms with Gasteiger partial charge in [-0.2, -0.15) is 0 Å². The van der Waals surface area contributed by atoms with Crippen molar-refractivity contribution in [3.8, 4) is 0 Å². The van der Waals surface area contributed by atoms with Crippen LogP contribution in [0.5, 0.6) is 0 Å². The molecule has 2 aromatic carbocycles. The molecular weight excluding hydrogens is 264 g/mol. The summed E-state index contributed by atoms with van der Waals surface area (Å²) >= 11 is 0. The number of hydrogen-bond acceptors (Lipinski definition) is 2. The molecule has 2 amide bonds. The molecule has 21 heavy (non-hydrogen) atoms. The van der Waals surface area contributed by atoms with E-state index in [1.807, 2.05) is 48.5 Å². The quantitative estimate of drug-likeness (QED) is 0.829. The number of carbonyl (C=O) groups is 2. The summed E-state index contributed by atoms with van der Waals surface area (Å²) in [5.74, 6) is -0.272. The number of fused-ring (bicyclic) bond motifs is 1. The van der Waals surface area contributed by atoms with Crippen molar-refractivity contribution in [2.24, 2.45) is 0 Å². The summed E-state index contributed by atoms with van der Waals surface area (Å²) in [5, 5.41) is 5.60. The first-order valence-electron chi connectivity index (χ1n) is 6.64. The largest absolute Gasteiger partial charge is 0.326 e. The van der Waals surface area contributed by atoms with Gasteiger partial charge in [0.15, 0.2) is 0 Å². The first-order chi connectivity index (χ1) is 10.1. The maximum atomic E-state index is 12.1. The average Bonchev–Trinajstić information content (AvgIpc) is 2.77. The lowest BCUT2D eigenvalue weighted by Gasteiger charge is -2.07. The molecule has 0 bridgehead atoms. The summed E-state index contributed by atoms with van der Waals surface area (Å²) in [7, 11) is 0. The van der Waals surface area contributed by atoms with Gasteiger partial charge in [0, 0.05) is 29.4 Å². The third kappa shape index (κ3) is 2.56. The molecule has 0 radical (unpaired) electrons. The van der Waals surface area contributed by atoms with Crippen molar-refractivity contribution in [2.45, 2.75) is 6.92 Å². The van der Waals surface area contributed by atoms with Gasteiger partial charge in [0.05, 0.1) is 0 Å². The molecule has 0 atom stereocenters. The van der Waals surface area contributed by atoms with E-state index in [4.69, 9.17) is 0 Å². The minimum Gasteiger partial charge on any atom is -0.326 e. The van der Waals surface area contributed by atoms with Gasteiger partial charge in [0.25, 0.3) is 5.91 Å². The van der Waals surface area contributed by atoms with Crippen LogP contribution in [0.4, 0.5) is 11.4 Å². The van der Waals surface area contributed by atoms with Gasteiger partial charge in [0.1, 0.15) is 0 Å². The predicted octanol–water partition coefficient (Wildman–Crippen LogP) is 3.14. The lowest BCUT2D eigenvalue weighted by atomic mass is 10.0. The molecule has 0 unspecified atom stereocenters. The van der Waals surface area contributed by atoms with Crippen molar-refractivity contribution < 1.29 is 9.59 Å². The lowest BCUT2D eigenvalue weighted by molar-refractivity contribution is -0.114. The van der Waals surface area contributed by atoms with Crippen LogP contribution in [-0.2, 0) is 9.59 Å². The second-order valence-electron chi connectivity index (χ2n) is 4.83. The van der Waals surface area contributed by atoms with Crippen LogP contribution in [0.2, 0.25) is 0 Å². The fourth-order valence-corrected chi connectivity index (χ4v) is 2.36. The Hall–Kier alpha value is -2.88. The molecule has 2 N–H and O–H groups in total. The Morgan fingerprint density at radius 1 is 1.10 bits per heavy atom. The lowest BCUT2D eigenvalue weighted by Crippen LogP contribution is -2.07. The second-order valence-corrected chi connectivity index (χ2v) is 4.83. The molecule has 4 nitrogen and oxygen atoms in total. The van der Waals surface area contributed by atoms with Crippen LogP contribution in [-0.4, -0.2) is 11.8 Å². The number of nitrogens with one attached hydrogen (secondary N) is 2. The third-order valence-electron chi connectivity index (χ3n) is 3.28. The van der Waals surface area contributed by atoms with Crippen LogP contribution in [0.1, 0.15) is 18.1 Å². The number of amides is 2. The van der Waals surface area contributed by atoms with Crippen LogP contribution in [0.15, 0.2) is 48.5 Å². The number of rotatable bonds is 2. The highest BCUT2D eigenvalue weighted by molar-refractivity contribution is 6.35. The number of carbonyl (C=O) groups excluding carboxylic acids is 2. The molecule has 0 aromatic heterocycles. The summed E-state index contributed by atoms with van der Waals surface area (Å²) < 4.78 is 0. The van der Waals surface area contributed by atoms with Crippen molar-refractivity contribution in [2.75, 3.05) is 10.6 Å². The molecule has 1 aliphatic heterocycles. The van der Waals surface area contributed by atoms with E-state index in [9.17, 15) is 9.59 Å². The van der Waals surface area contributed by atoms with Crippen molar-refractivity contribution in [3.63, 3.8) is 0 Å². The molecule has 3 rings (SSSR count). The highest BCUT2D eigenvalue weighted by Crippen LogP contribution is 2.33. The van der Waals surface area contributed by atoms with Crippen LogP contribution >= 0.6 is 0 Å². The van der Waals surface area contributed by atoms with Crippen molar-refractivity contribution in [3.05, 3.63) is 59.7 Å². The zero-order valence-electron chi connectivity index (χ0n) is 11.5. The average molecular weight is 278 g/mol. The minimum atomic E-state index is -0.142. The summed E-state index contributed by atoms with van der Waals surface area (Å²) in [4.78, 5) is 23.4. The van der Waals surface area contributed by atoms with Gasteiger partial charge in [-0.1, -0.05) is 36.4 Å². The van der Waals surface area contributed by atoms with Gasteiger partial charge >= 0.3 is 0 Å². The van der Waals surface area contributed by atoms with Crippen LogP contribution < -0.4 is 10.6 Å². The van der Waals surface area contributed by atoms with Gasteiger partial charge < -0.3 is 10.6 Å². The second kappa shape index (κ2) is 5.25. The monoisotopic (exact) mass is 278 g/mol. The van der Waals surface area contributed by atoms with E-state index in [0.717, 1.165) is 16.8 Å². The SMILES string of the molecule is CC(=O)Nc1ccccc1C=C1C(=O)Nc2ccccc21. The first kappa shape index (κ1) is 13.1. The van der Waals surface area contributed by atoms with Gasteiger partial charge in [-0.15, -0.1) is 0 Å². The molecule has 104 valence electrons. The van der Waals surface area contributed by atoms with Crippen molar-refractivity contribution >= 4 is 34.8 Å². The Balaban J connectivity index is 2.07. The highest BCUT2D eigenvalue weighted by atomic mass is 16.2. The van der Waals surface area contributed by atoms with Gasteiger partial charge in [-0.3, -0.25) is 9.59 Å². The Morgan fingerprint density at radius 2 is 1.81 bits per heavy atom. The molecule has 0 saturated heterocycles. The Morgan fingerprint density at radius 3 is 2.62 bits per heavy atom. The maximum absolute atomic E-state index is 12.1. The Bertz CT molecular complexity index is 763. The number of para-hydroxylation sites is 2. The molecule has 0 spiro atoms. The zero-order chi connectivity index (χ0) is 14.8. The van der Waals surface area contributed by atoms with Crippen molar-refractivity contribution in [1.82, 2.24) is 0 Å². The van der Waals surface area contributed by atoms with E-state index in [0.29, 0.717) is 11.3 Å². The predicted molar refractivity (Wildman–Crippen MR) is 83.7 cm³/mol. The smallest absolute Gasteiger partial charge is 0.256 e. The molecule has 2 aromatic rings. The number of anilines is 2. The first-order valence-corrected chi connectivity index (χ1v) is 6.64. The molecule has 4 heteroatoms. The number of hydrogen-bond donors (Lipinski definition) is 2. The van der Waals surface area contributed by atoms with E-state index in [1.165, 1.54) is 6.92 Å². The van der Waals surface area contributed by atoms with Crippen LogP contribution in [0.25, 0.3) is 11.6 Å². The summed E-state index contributed by atoms with van der Waals surface area (Å²) in [6, 6.07) is 14.9. The van der Waals surface area contributed by atoms with Gasteiger partial charge in [-0.25, -0.2) is 0 Å². The summed E-state index contributed by atoms with van der Waals surface area (Å²) in [6.45, 7) is 1.46. The summed E-state index contributed by atoms with van der Waals surface area (Å²) in [6.07, 6.45) is 1.80. The van der Waals surface area contributed by atoms with E-state index in [2.05, 4.69) is 10.6 Å². The fraction of sp³-hybridized carbons (Fsp3) is 0.0588. The molecule has 1 aliphatic rings. The molecule has 0 fully saturated rings. The molecule has 0 aliphatic carbocycles. The molecular formula is C17H14N2O2. The highest BCUT2D eigenvalue weighted by Gasteiger charge is 2.23. The Kier molecular flexibility index (Phi) is 3.28. The standard InChI is InChI=1S/C17H14N2O2/c1-11(20)18-15-8-4-2-6-12(15)10-14-13-7-3-5-9-16(13)19-17(14)21/h2-10H,1H3,(H,18,20)(H,19,21). The van der Waals surface area contributed by atoms with E-state index >= 15 is 0 Å². The summed E-state index contributed by atoms with van der Waals surface area (Å²) in [5.41, 5.74) is 3.78. The topological polar surface area (TPSA) is 58.2 Å². The number of benzene rings is 2. The van der Waals surface area contributed by atoms with Crippen molar-refractivity contribution in [1.29, 1.82) is 0 Å². The minimum absolute atomic E-state index is 0.131. The van der Waals surface area contributed by atoms with E-state index < -0.39 is 0 Å². The normalized spacial score (nSPS) is 14.7. The van der Waals surface area contributed by atoms with E-state index in [-0.39, 0.29) is 11.8 Å². The Labute approximate surface area is 122 Å². The van der Waals surface area contributed by atoms with Gasteiger partial charge in [0.2, 0.25) is 5.91 Å². The van der Waals surface area contributed by atoms with Crippen LogP contribution in [0, 0.1) is 0 Å². The molecule has 0 saturated carbocycles. The zero-order valence-corrected chi connectivity index (χ0v) is 11.5. The van der Waals surface area contributed by atoms with Crippen LogP contribution in [0.3, 0.4) is 0 Å². The van der Waals surface area contributed by atoms with Gasteiger partial charge in [-0.05, 0) is 23.8 Å². The van der Waals surface area contributed by atoms with E-state index in [1.54, 1.807) is 6.08 Å². The third-order valence-corrected chi connectivity index (χ3v) is 3.28. The maximum Gasteiger partial charge on any atom is 0.256 e. The molecule has 1 heterocycles. The fourth-order valence-electron chi connectivity index (χ4n) is 2.36.